The molecule has 40 heavy (non-hydrogen) atoms. The van der Waals surface area contributed by atoms with Gasteiger partial charge in [0.25, 0.3) is 0 Å². The second kappa shape index (κ2) is 12.8. The number of carboxylic acids is 1. The Kier molecular flexibility index (Phi) is 8.53. The molecule has 9 nitrogen and oxygen atoms in total. The monoisotopic (exact) mass is 535 g/mol. The third-order valence-electron chi connectivity index (χ3n) is 6.37. The number of nitrogens with zero attached hydrogens (tertiary/aromatic N) is 4. The minimum absolute atomic E-state index is 0.0475. The van der Waals surface area contributed by atoms with Crippen LogP contribution in [0.25, 0.3) is 12.2 Å². The fourth-order valence-electron chi connectivity index (χ4n) is 4.27. The van der Waals surface area contributed by atoms with E-state index in [1.807, 2.05) is 66.7 Å². The lowest BCUT2D eigenvalue weighted by Gasteiger charge is -2.27. The third-order valence-corrected chi connectivity index (χ3v) is 6.37. The molecule has 0 radical (unpaired) electrons. The van der Waals surface area contributed by atoms with Crippen LogP contribution in [0.1, 0.15) is 32.9 Å². The van der Waals surface area contributed by atoms with E-state index >= 15 is 0 Å². The predicted octanol–water partition coefficient (Wildman–Crippen LogP) is 4.67. The number of aromatic carboxylic acids is 1. The van der Waals surface area contributed by atoms with Gasteiger partial charge in [-0.25, -0.2) is 4.79 Å². The molecule has 1 fully saturated rings. The molecule has 5 rings (SSSR count). The summed E-state index contributed by atoms with van der Waals surface area (Å²) in [6, 6.07) is 23.9. The van der Waals surface area contributed by atoms with Crippen LogP contribution in [0, 0.1) is 0 Å². The summed E-state index contributed by atoms with van der Waals surface area (Å²) in [6.45, 7) is 2.66. The summed E-state index contributed by atoms with van der Waals surface area (Å²) in [6.07, 6.45) is 4.36. The molecule has 1 aliphatic rings. The number of ether oxygens (including phenoxy) is 1. The lowest BCUT2D eigenvalue weighted by Crippen LogP contribution is -2.37. The van der Waals surface area contributed by atoms with Crippen molar-refractivity contribution in [2.45, 2.75) is 12.8 Å². The van der Waals surface area contributed by atoms with Crippen molar-refractivity contribution in [2.24, 2.45) is 0 Å². The van der Waals surface area contributed by atoms with Gasteiger partial charge in [-0.2, -0.15) is 15.0 Å². The minimum Gasteiger partial charge on any atom is -0.478 e. The SMILES string of the molecule is O=C(Cc1ccc(Nc2nc(/C=C/c3ccccc3)nc(N3CCOCC3)n2)cc1)Cc1ccc(C(=O)O)cc1. The molecular weight excluding hydrogens is 506 g/mol. The number of morpholine rings is 1. The zero-order chi connectivity index (χ0) is 27.7. The Morgan fingerprint density at radius 1 is 0.825 bits per heavy atom. The van der Waals surface area contributed by atoms with Crippen LogP contribution in [0.2, 0.25) is 0 Å². The molecule has 1 aliphatic heterocycles. The zero-order valence-electron chi connectivity index (χ0n) is 21.9. The van der Waals surface area contributed by atoms with Crippen LogP contribution < -0.4 is 10.2 Å². The highest BCUT2D eigenvalue weighted by Crippen LogP contribution is 2.19. The number of anilines is 3. The summed E-state index contributed by atoms with van der Waals surface area (Å²) in [5.41, 5.74) is 3.71. The number of hydrogen-bond acceptors (Lipinski definition) is 8. The van der Waals surface area contributed by atoms with E-state index in [0.29, 0.717) is 44.0 Å². The molecule has 1 saturated heterocycles. The first-order chi connectivity index (χ1) is 19.5. The molecule has 0 saturated carbocycles. The van der Waals surface area contributed by atoms with Gasteiger partial charge in [0.15, 0.2) is 5.82 Å². The Labute approximate surface area is 232 Å². The molecule has 0 aliphatic carbocycles. The fourth-order valence-corrected chi connectivity index (χ4v) is 4.27. The maximum atomic E-state index is 12.6. The van der Waals surface area contributed by atoms with Crippen molar-refractivity contribution >= 4 is 41.5 Å². The van der Waals surface area contributed by atoms with Gasteiger partial charge in [0.05, 0.1) is 18.8 Å². The smallest absolute Gasteiger partial charge is 0.335 e. The molecule has 0 bridgehead atoms. The second-order valence-corrected chi connectivity index (χ2v) is 9.38. The van der Waals surface area contributed by atoms with Crippen LogP contribution in [0.4, 0.5) is 17.6 Å². The highest BCUT2D eigenvalue weighted by atomic mass is 16.5. The molecule has 2 N–H and O–H groups in total. The molecule has 4 aromatic rings. The molecule has 0 unspecified atom stereocenters. The Morgan fingerprint density at radius 2 is 1.48 bits per heavy atom. The van der Waals surface area contributed by atoms with Gasteiger partial charge < -0.3 is 20.1 Å². The van der Waals surface area contributed by atoms with Crippen LogP contribution >= 0.6 is 0 Å². The van der Waals surface area contributed by atoms with Crippen molar-refractivity contribution in [3.8, 4) is 0 Å². The summed E-state index contributed by atoms with van der Waals surface area (Å²) in [4.78, 5) is 39.6. The molecular formula is C31H29N5O4. The summed E-state index contributed by atoms with van der Waals surface area (Å²) in [5, 5.41) is 12.3. The van der Waals surface area contributed by atoms with Crippen molar-refractivity contribution in [2.75, 3.05) is 36.5 Å². The van der Waals surface area contributed by atoms with E-state index in [1.165, 1.54) is 12.1 Å². The average Bonchev–Trinajstić information content (AvgIpc) is 2.98. The number of nitrogens with one attached hydrogen (secondary N) is 1. The first kappa shape index (κ1) is 26.7. The largest absolute Gasteiger partial charge is 0.478 e. The van der Waals surface area contributed by atoms with Crippen LogP contribution in [-0.2, 0) is 22.4 Å². The summed E-state index contributed by atoms with van der Waals surface area (Å²) < 4.78 is 5.48. The number of carboxylic acid groups (broad SMARTS) is 1. The Morgan fingerprint density at radius 3 is 2.12 bits per heavy atom. The van der Waals surface area contributed by atoms with Crippen LogP contribution in [0.5, 0.6) is 0 Å². The van der Waals surface area contributed by atoms with Gasteiger partial charge >= 0.3 is 5.97 Å². The van der Waals surface area contributed by atoms with E-state index in [-0.39, 0.29) is 24.2 Å². The number of ketones is 1. The Bertz CT molecular complexity index is 1480. The highest BCUT2D eigenvalue weighted by Gasteiger charge is 2.16. The van der Waals surface area contributed by atoms with E-state index in [2.05, 4.69) is 25.2 Å². The van der Waals surface area contributed by atoms with Crippen molar-refractivity contribution in [3.63, 3.8) is 0 Å². The normalized spacial score (nSPS) is 13.3. The van der Waals surface area contributed by atoms with Crippen LogP contribution in [0.3, 0.4) is 0 Å². The minimum atomic E-state index is -0.985. The van der Waals surface area contributed by atoms with Crippen LogP contribution in [-0.4, -0.2) is 58.1 Å². The molecule has 2 heterocycles. The average molecular weight is 536 g/mol. The molecule has 9 heteroatoms. The van der Waals surface area contributed by atoms with Gasteiger partial charge in [0.2, 0.25) is 11.9 Å². The Hall–Kier alpha value is -4.89. The first-order valence-corrected chi connectivity index (χ1v) is 13.0. The summed E-state index contributed by atoms with van der Waals surface area (Å²) in [5.74, 6) is 0.624. The van der Waals surface area contributed by atoms with E-state index in [1.54, 1.807) is 12.1 Å². The zero-order valence-corrected chi connectivity index (χ0v) is 21.9. The fraction of sp³-hybridized carbons (Fsp3) is 0.194. The van der Waals surface area contributed by atoms with Crippen molar-refractivity contribution in [3.05, 3.63) is 107 Å². The van der Waals surface area contributed by atoms with E-state index in [4.69, 9.17) is 9.84 Å². The van der Waals surface area contributed by atoms with E-state index in [9.17, 15) is 9.59 Å². The molecule has 0 atom stereocenters. The van der Waals surface area contributed by atoms with Gasteiger partial charge in [-0.05, 0) is 47.0 Å². The number of carbonyl (C=O) groups excluding carboxylic acids is 1. The molecule has 3 aromatic carbocycles. The van der Waals surface area contributed by atoms with Gasteiger partial charge in [-0.3, -0.25) is 4.79 Å². The number of carbonyl (C=O) groups is 2. The Balaban J connectivity index is 1.27. The van der Waals surface area contributed by atoms with Crippen molar-refractivity contribution < 1.29 is 19.4 Å². The topological polar surface area (TPSA) is 118 Å². The predicted molar refractivity (Wildman–Crippen MR) is 154 cm³/mol. The van der Waals surface area contributed by atoms with Gasteiger partial charge in [-0.15, -0.1) is 0 Å². The maximum Gasteiger partial charge on any atom is 0.335 e. The lowest BCUT2D eigenvalue weighted by atomic mass is 10.0. The number of rotatable bonds is 10. The van der Waals surface area contributed by atoms with Crippen molar-refractivity contribution in [1.82, 2.24) is 15.0 Å². The summed E-state index contributed by atoms with van der Waals surface area (Å²) in [7, 11) is 0. The molecule has 1 aromatic heterocycles. The molecule has 202 valence electrons. The van der Waals surface area contributed by atoms with Gasteiger partial charge in [0.1, 0.15) is 5.78 Å². The van der Waals surface area contributed by atoms with E-state index < -0.39 is 5.97 Å². The quantitative estimate of drug-likeness (QED) is 0.299. The number of benzene rings is 3. The summed E-state index contributed by atoms with van der Waals surface area (Å²) >= 11 is 0. The number of Topliss-reactive ketones (excluding diaryl/α,β-unsaturated/α-hetero) is 1. The van der Waals surface area contributed by atoms with E-state index in [0.717, 1.165) is 22.4 Å². The molecule has 0 spiro atoms. The lowest BCUT2D eigenvalue weighted by molar-refractivity contribution is -0.117. The maximum absolute atomic E-state index is 12.6. The first-order valence-electron chi connectivity index (χ1n) is 13.0. The highest BCUT2D eigenvalue weighted by molar-refractivity contribution is 5.88. The second-order valence-electron chi connectivity index (χ2n) is 9.38. The molecule has 0 amide bonds. The van der Waals surface area contributed by atoms with Gasteiger partial charge in [-0.1, -0.05) is 60.7 Å². The van der Waals surface area contributed by atoms with Crippen LogP contribution in [0.15, 0.2) is 78.9 Å². The van der Waals surface area contributed by atoms with Gasteiger partial charge in [0, 0.05) is 31.6 Å². The number of hydrogen-bond donors (Lipinski definition) is 2. The standard InChI is InChI=1S/C31H29N5O4/c37-27(20-23-6-11-25(12-7-23)29(38)39)21-24-8-13-26(14-9-24)32-30-33-28(15-10-22-4-2-1-3-5-22)34-31(35-30)36-16-18-40-19-17-36/h1-15H,16-21H2,(H,38,39)(H,32,33,34,35)/b15-10+. The van der Waals surface area contributed by atoms with Crippen molar-refractivity contribution in [1.29, 1.82) is 0 Å². The number of aromatic nitrogens is 3. The third kappa shape index (κ3) is 7.36.